The van der Waals surface area contributed by atoms with Crippen LogP contribution in [0.15, 0.2) is 88.2 Å². The van der Waals surface area contributed by atoms with Crippen LogP contribution >= 0.6 is 12.2 Å². The Labute approximate surface area is 193 Å². The molecular weight excluding hydrogens is 470 g/mol. The van der Waals surface area contributed by atoms with Crippen molar-refractivity contribution >= 4 is 50.3 Å². The van der Waals surface area contributed by atoms with Gasteiger partial charge in [0.1, 0.15) is 5.69 Å². The van der Waals surface area contributed by atoms with Gasteiger partial charge in [0.2, 0.25) is 0 Å². The summed E-state index contributed by atoms with van der Waals surface area (Å²) >= 11 is 5.19. The smallest absolute Gasteiger partial charge is 0.299 e. The van der Waals surface area contributed by atoms with Crippen LogP contribution in [0.2, 0.25) is 0 Å². The van der Waals surface area contributed by atoms with Gasteiger partial charge in [0.25, 0.3) is 21.4 Å². The van der Waals surface area contributed by atoms with Crippen molar-refractivity contribution in [2.75, 3.05) is 5.32 Å². The molecule has 0 aromatic heterocycles. The third-order valence-electron chi connectivity index (χ3n) is 4.17. The second kappa shape index (κ2) is 9.93. The minimum atomic E-state index is -4.11. The van der Waals surface area contributed by atoms with Gasteiger partial charge in [-0.3, -0.25) is 20.2 Å². The number of amidine groups is 1. The molecule has 0 spiro atoms. The second-order valence-electron chi connectivity index (χ2n) is 6.39. The lowest BCUT2D eigenvalue weighted by atomic mass is 10.2. The lowest BCUT2D eigenvalue weighted by Crippen LogP contribution is -2.35. The molecule has 0 bridgehead atoms. The maximum absolute atomic E-state index is 12.8. The topological polar surface area (TPSA) is 157 Å². The summed E-state index contributed by atoms with van der Waals surface area (Å²) in [6.07, 6.45) is 0. The number of rotatable bonds is 6. The number of nitrogens with one attached hydrogen (secondary N) is 2. The van der Waals surface area contributed by atoms with Crippen molar-refractivity contribution in [3.63, 3.8) is 0 Å². The first-order valence-electron chi connectivity index (χ1n) is 9.13. The molecule has 0 heterocycles. The van der Waals surface area contributed by atoms with Crippen molar-refractivity contribution in [2.45, 2.75) is 4.90 Å². The Morgan fingerprint density at radius 3 is 2.06 bits per heavy atom. The van der Waals surface area contributed by atoms with Crippen LogP contribution in [-0.4, -0.2) is 29.2 Å². The fraction of sp³-hybridized carbons (Fsp3) is 0. The summed E-state index contributed by atoms with van der Waals surface area (Å²) in [6.45, 7) is 0. The fourth-order valence-corrected chi connectivity index (χ4v) is 3.87. The monoisotopic (exact) mass is 485 g/mol. The third kappa shape index (κ3) is 5.93. The molecule has 168 valence electrons. The zero-order valence-electron chi connectivity index (χ0n) is 16.6. The van der Waals surface area contributed by atoms with E-state index in [4.69, 9.17) is 12.2 Å². The largest absolute Gasteiger partial charge is 0.327 e. The standard InChI is InChI=1S/C20H15N5O6S2/c26-24(27)15-11-12-17(18(13-15)25(28)29)21-20(32)22-19(14-7-3-1-4-8-14)23-33(30,31)16-9-5-2-6-10-16/h1-13H,(H2,21,22,23,32). The molecule has 3 aromatic carbocycles. The number of non-ortho nitro benzene ring substituents is 1. The minimum absolute atomic E-state index is 0.0369. The van der Waals surface area contributed by atoms with Crippen molar-refractivity contribution in [1.29, 1.82) is 0 Å². The first-order chi connectivity index (χ1) is 15.7. The zero-order valence-corrected chi connectivity index (χ0v) is 18.2. The quantitative estimate of drug-likeness (QED) is 0.175. The van der Waals surface area contributed by atoms with Gasteiger partial charge in [-0.15, -0.1) is 4.40 Å². The number of thiocarbonyl (C=S) groups is 1. The van der Waals surface area contributed by atoms with E-state index in [1.54, 1.807) is 48.5 Å². The summed E-state index contributed by atoms with van der Waals surface area (Å²) in [5, 5.41) is 27.3. The van der Waals surface area contributed by atoms with E-state index in [0.717, 1.165) is 18.2 Å². The molecule has 0 radical (unpaired) electrons. The Hall–Kier alpha value is -4.23. The van der Waals surface area contributed by atoms with E-state index in [9.17, 15) is 28.6 Å². The molecule has 0 amide bonds. The van der Waals surface area contributed by atoms with Gasteiger partial charge in [-0.1, -0.05) is 48.5 Å². The Morgan fingerprint density at radius 2 is 1.48 bits per heavy atom. The molecule has 0 fully saturated rings. The molecule has 0 unspecified atom stereocenters. The summed E-state index contributed by atoms with van der Waals surface area (Å²) in [6, 6.07) is 18.8. The van der Waals surface area contributed by atoms with Crippen LogP contribution in [0.25, 0.3) is 0 Å². The normalized spacial score (nSPS) is 11.5. The third-order valence-corrected chi connectivity index (χ3v) is 5.66. The van der Waals surface area contributed by atoms with Crippen LogP contribution in [-0.2, 0) is 10.0 Å². The van der Waals surface area contributed by atoms with Gasteiger partial charge in [-0.2, -0.15) is 8.42 Å². The molecule has 0 saturated heterocycles. The van der Waals surface area contributed by atoms with Gasteiger partial charge in [-0.25, -0.2) is 0 Å². The van der Waals surface area contributed by atoms with Crippen LogP contribution in [0.3, 0.4) is 0 Å². The molecule has 11 nitrogen and oxygen atoms in total. The summed E-state index contributed by atoms with van der Waals surface area (Å²) in [7, 11) is -4.11. The van der Waals surface area contributed by atoms with Crippen LogP contribution < -0.4 is 10.6 Å². The maximum atomic E-state index is 12.8. The van der Waals surface area contributed by atoms with Gasteiger partial charge in [0.05, 0.1) is 20.8 Å². The highest BCUT2D eigenvalue weighted by atomic mass is 32.2. The van der Waals surface area contributed by atoms with Gasteiger partial charge in [-0.05, 0) is 30.4 Å². The van der Waals surface area contributed by atoms with Crippen molar-refractivity contribution in [3.05, 3.63) is 105 Å². The molecule has 33 heavy (non-hydrogen) atoms. The Balaban J connectivity index is 1.94. The van der Waals surface area contributed by atoms with Crippen molar-refractivity contribution in [1.82, 2.24) is 5.32 Å². The summed E-state index contributed by atoms with van der Waals surface area (Å²) < 4.78 is 29.4. The van der Waals surface area contributed by atoms with E-state index < -0.39 is 31.2 Å². The number of benzene rings is 3. The van der Waals surface area contributed by atoms with Gasteiger partial charge in [0, 0.05) is 11.6 Å². The van der Waals surface area contributed by atoms with E-state index in [2.05, 4.69) is 15.0 Å². The number of hydrogen-bond acceptors (Lipinski definition) is 7. The molecule has 2 N–H and O–H groups in total. The first-order valence-corrected chi connectivity index (χ1v) is 11.0. The highest BCUT2D eigenvalue weighted by molar-refractivity contribution is 7.90. The summed E-state index contributed by atoms with van der Waals surface area (Å²) in [5.41, 5.74) is -0.782. The van der Waals surface area contributed by atoms with E-state index in [1.165, 1.54) is 12.1 Å². The van der Waals surface area contributed by atoms with Crippen LogP contribution in [0.5, 0.6) is 0 Å². The molecule has 3 aromatic rings. The van der Waals surface area contributed by atoms with E-state index >= 15 is 0 Å². The molecular formula is C20H15N5O6S2. The maximum Gasteiger partial charge on any atom is 0.299 e. The predicted octanol–water partition coefficient (Wildman–Crippen LogP) is 3.63. The van der Waals surface area contributed by atoms with Crippen LogP contribution in [0.1, 0.15) is 5.56 Å². The lowest BCUT2D eigenvalue weighted by Gasteiger charge is -2.13. The Kier molecular flexibility index (Phi) is 7.05. The SMILES string of the molecule is O=[N+]([O-])c1ccc(NC(=S)NC(=NS(=O)(=O)c2ccccc2)c2ccccc2)c([N+](=O)[O-])c1. The lowest BCUT2D eigenvalue weighted by molar-refractivity contribution is -0.393. The van der Waals surface area contributed by atoms with Gasteiger partial charge >= 0.3 is 0 Å². The first kappa shape index (κ1) is 23.4. The Morgan fingerprint density at radius 1 is 0.879 bits per heavy atom. The fourth-order valence-electron chi connectivity index (χ4n) is 2.66. The average molecular weight is 486 g/mol. The molecule has 0 atom stereocenters. The number of hydrogen-bond donors (Lipinski definition) is 2. The highest BCUT2D eigenvalue weighted by Gasteiger charge is 2.21. The highest BCUT2D eigenvalue weighted by Crippen LogP contribution is 2.28. The number of nitro groups is 2. The van der Waals surface area contributed by atoms with Crippen molar-refractivity contribution in [2.24, 2.45) is 4.40 Å². The summed E-state index contributed by atoms with van der Waals surface area (Å²) in [5.74, 6) is -0.124. The van der Waals surface area contributed by atoms with Crippen molar-refractivity contribution < 1.29 is 18.3 Å². The number of nitrogens with zero attached hydrogens (tertiary/aromatic N) is 3. The number of sulfonamides is 1. The Bertz CT molecular complexity index is 1350. The van der Waals surface area contributed by atoms with Crippen molar-refractivity contribution in [3.8, 4) is 0 Å². The van der Waals surface area contributed by atoms with Crippen LogP contribution in [0, 0.1) is 20.2 Å². The van der Waals surface area contributed by atoms with Gasteiger partial charge < -0.3 is 10.6 Å². The zero-order chi connectivity index (χ0) is 24.0. The van der Waals surface area contributed by atoms with E-state index in [1.807, 2.05) is 0 Å². The predicted molar refractivity (Wildman–Crippen MR) is 126 cm³/mol. The molecule has 3 rings (SSSR count). The summed E-state index contributed by atoms with van der Waals surface area (Å²) in [4.78, 5) is 20.7. The van der Waals surface area contributed by atoms with E-state index in [-0.39, 0.29) is 21.5 Å². The number of nitro benzene ring substituents is 2. The number of anilines is 1. The van der Waals surface area contributed by atoms with Gasteiger partial charge in [0.15, 0.2) is 10.9 Å². The minimum Gasteiger partial charge on any atom is -0.327 e. The molecule has 0 saturated carbocycles. The van der Waals surface area contributed by atoms with E-state index in [0.29, 0.717) is 5.56 Å². The molecule has 13 heteroatoms. The molecule has 0 aliphatic rings. The van der Waals surface area contributed by atoms with Crippen LogP contribution in [0.4, 0.5) is 17.1 Å². The second-order valence-corrected chi connectivity index (χ2v) is 8.40. The molecule has 0 aliphatic carbocycles. The average Bonchev–Trinajstić information content (AvgIpc) is 2.79. The molecule has 0 aliphatic heterocycles.